The average Bonchev–Trinajstić information content (AvgIpc) is 3.09. The first-order valence-electron chi connectivity index (χ1n) is 10.0. The summed E-state index contributed by atoms with van der Waals surface area (Å²) < 4.78 is 17.4. The summed E-state index contributed by atoms with van der Waals surface area (Å²) in [7, 11) is 1.64. The van der Waals surface area contributed by atoms with Crippen LogP contribution in [0.1, 0.15) is 39.0 Å². The van der Waals surface area contributed by atoms with Crippen LogP contribution in [-0.4, -0.2) is 49.6 Å². The lowest BCUT2D eigenvalue weighted by Gasteiger charge is -2.61. The van der Waals surface area contributed by atoms with Crippen molar-refractivity contribution in [1.29, 1.82) is 0 Å². The number of allylic oxidation sites excluding steroid dienone is 1. The Morgan fingerprint density at radius 1 is 1.22 bits per heavy atom. The molecule has 0 aromatic heterocycles. The predicted molar refractivity (Wildman–Crippen MR) is 94.4 cm³/mol. The van der Waals surface area contributed by atoms with Crippen LogP contribution in [0.15, 0.2) is 12.2 Å². The number of methoxy groups -OCH3 is 1. The van der Waals surface area contributed by atoms with Crippen molar-refractivity contribution in [2.24, 2.45) is 34.0 Å². The van der Waals surface area contributed by atoms with E-state index in [0.29, 0.717) is 25.0 Å². The summed E-state index contributed by atoms with van der Waals surface area (Å²) in [5.74, 6) is -1.28. The van der Waals surface area contributed by atoms with Crippen molar-refractivity contribution < 1.29 is 28.9 Å². The van der Waals surface area contributed by atoms with Gasteiger partial charge < -0.3 is 19.3 Å². The van der Waals surface area contributed by atoms with Gasteiger partial charge in [-0.25, -0.2) is 0 Å². The summed E-state index contributed by atoms with van der Waals surface area (Å²) in [6, 6.07) is 0. The third-order valence-corrected chi connectivity index (χ3v) is 8.50. The predicted octanol–water partition coefficient (Wildman–Crippen LogP) is 1.85. The number of cyclic esters (lactones) is 1. The van der Waals surface area contributed by atoms with Crippen molar-refractivity contribution in [2.75, 3.05) is 20.3 Å². The molecule has 3 aliphatic carbocycles. The summed E-state index contributed by atoms with van der Waals surface area (Å²) in [5.41, 5.74) is -1.42. The lowest BCUT2D eigenvalue weighted by molar-refractivity contribution is -0.244. The average molecular weight is 376 g/mol. The quantitative estimate of drug-likeness (QED) is 0.427. The van der Waals surface area contributed by atoms with Gasteiger partial charge >= 0.3 is 5.97 Å². The van der Waals surface area contributed by atoms with Gasteiger partial charge in [-0.2, -0.15) is 0 Å². The molecule has 2 aliphatic heterocycles. The van der Waals surface area contributed by atoms with Crippen LogP contribution in [0.3, 0.4) is 0 Å². The number of ether oxygens (including phenoxy) is 3. The highest BCUT2D eigenvalue weighted by atomic mass is 16.7. The van der Waals surface area contributed by atoms with Crippen LogP contribution in [0.4, 0.5) is 0 Å². The van der Waals surface area contributed by atoms with E-state index in [0.717, 1.165) is 19.3 Å². The molecule has 0 aromatic carbocycles. The van der Waals surface area contributed by atoms with E-state index >= 15 is 0 Å². The highest BCUT2D eigenvalue weighted by Crippen LogP contribution is 2.69. The number of carbonyl (C=O) groups is 2. The number of rotatable bonds is 1. The first-order chi connectivity index (χ1) is 12.8. The molecule has 0 radical (unpaired) electrons. The Balaban J connectivity index is 1.70. The van der Waals surface area contributed by atoms with Gasteiger partial charge in [0.05, 0.1) is 19.3 Å². The number of Topliss-reactive ketones (excluding diaryl/α,β-unsaturated/α-hetero) is 1. The second-order valence-corrected chi connectivity index (χ2v) is 9.72. The monoisotopic (exact) mass is 376 g/mol. The summed E-state index contributed by atoms with van der Waals surface area (Å²) in [4.78, 5) is 26.3. The smallest absolute Gasteiger partial charge is 0.320 e. The minimum Gasteiger partial charge on any atom is -0.464 e. The molecule has 3 saturated carbocycles. The molecule has 6 heteroatoms. The van der Waals surface area contributed by atoms with Crippen LogP contribution < -0.4 is 0 Å². The SMILES string of the molecule is C=C1C(=O)C23CC1C[C@@H](O)C2C1(CCC[C@@]2(C)CO[C@@H](OC)[C@@H]12)COC3=O. The van der Waals surface area contributed by atoms with Gasteiger partial charge in [0.1, 0.15) is 5.41 Å². The summed E-state index contributed by atoms with van der Waals surface area (Å²) in [5, 5.41) is 11.2. The lowest BCUT2D eigenvalue weighted by atomic mass is 9.44. The number of ketones is 1. The molecule has 2 bridgehead atoms. The Morgan fingerprint density at radius 3 is 2.74 bits per heavy atom. The van der Waals surface area contributed by atoms with Gasteiger partial charge in [0.25, 0.3) is 0 Å². The van der Waals surface area contributed by atoms with Crippen molar-refractivity contribution in [3.05, 3.63) is 12.2 Å². The van der Waals surface area contributed by atoms with E-state index in [1.807, 2.05) is 0 Å². The fourth-order valence-electron chi connectivity index (χ4n) is 7.59. The number of aliphatic hydroxyl groups excluding tert-OH is 1. The molecule has 2 heterocycles. The van der Waals surface area contributed by atoms with E-state index in [4.69, 9.17) is 14.2 Å². The van der Waals surface area contributed by atoms with Crippen molar-refractivity contribution in [1.82, 2.24) is 0 Å². The van der Waals surface area contributed by atoms with Gasteiger partial charge in [-0.15, -0.1) is 0 Å². The number of hydrogen-bond acceptors (Lipinski definition) is 6. The van der Waals surface area contributed by atoms with Crippen LogP contribution in [0.2, 0.25) is 0 Å². The van der Waals surface area contributed by atoms with E-state index in [-0.39, 0.29) is 29.6 Å². The van der Waals surface area contributed by atoms with Gasteiger partial charge in [0.15, 0.2) is 12.1 Å². The molecule has 5 fully saturated rings. The second-order valence-electron chi connectivity index (χ2n) is 9.72. The molecule has 2 spiro atoms. The molecule has 27 heavy (non-hydrogen) atoms. The molecule has 6 nitrogen and oxygen atoms in total. The number of hydrogen-bond donors (Lipinski definition) is 1. The second kappa shape index (κ2) is 5.43. The molecule has 8 atom stereocenters. The number of fused-ring (bicyclic) bond motifs is 4. The van der Waals surface area contributed by atoms with Crippen LogP contribution in [-0.2, 0) is 23.8 Å². The van der Waals surface area contributed by atoms with E-state index in [1.54, 1.807) is 7.11 Å². The van der Waals surface area contributed by atoms with Crippen LogP contribution in [0.25, 0.3) is 0 Å². The Labute approximate surface area is 159 Å². The third kappa shape index (κ3) is 1.92. The maximum atomic E-state index is 13.3. The first kappa shape index (κ1) is 17.8. The van der Waals surface area contributed by atoms with E-state index in [9.17, 15) is 14.7 Å². The minimum absolute atomic E-state index is 0.0217. The molecular weight excluding hydrogens is 348 g/mol. The van der Waals surface area contributed by atoms with Crippen LogP contribution >= 0.6 is 0 Å². The molecule has 2 saturated heterocycles. The third-order valence-electron chi connectivity index (χ3n) is 8.50. The van der Waals surface area contributed by atoms with Crippen molar-refractivity contribution in [3.63, 3.8) is 0 Å². The highest BCUT2D eigenvalue weighted by Gasteiger charge is 2.76. The summed E-state index contributed by atoms with van der Waals surface area (Å²) >= 11 is 0. The maximum absolute atomic E-state index is 13.3. The zero-order valence-corrected chi connectivity index (χ0v) is 16.0. The summed E-state index contributed by atoms with van der Waals surface area (Å²) in [6.45, 7) is 6.98. The first-order valence-corrected chi connectivity index (χ1v) is 10.0. The van der Waals surface area contributed by atoms with Crippen LogP contribution in [0.5, 0.6) is 0 Å². The van der Waals surface area contributed by atoms with E-state index in [1.165, 1.54) is 0 Å². The van der Waals surface area contributed by atoms with Crippen molar-refractivity contribution >= 4 is 11.8 Å². The van der Waals surface area contributed by atoms with Gasteiger partial charge in [0.2, 0.25) is 0 Å². The minimum atomic E-state index is -1.28. The Bertz CT molecular complexity index is 732. The van der Waals surface area contributed by atoms with Gasteiger partial charge in [0, 0.05) is 24.4 Å². The highest BCUT2D eigenvalue weighted by molar-refractivity contribution is 6.15. The standard InChI is InChI=1S/C21H28O6/c1-11-12-7-13(22)14-20(10-27-18(24)21(14,8-12)16(11)23)6-4-5-19(2)9-26-17(25-3)15(19)20/h12-15,17,22H,1,4-10H2,2-3H3/t12?,13-,14?,15-,17-,19+,20?,21?/m1/s1. The van der Waals surface area contributed by atoms with E-state index in [2.05, 4.69) is 13.5 Å². The molecule has 5 aliphatic rings. The Morgan fingerprint density at radius 2 is 2.00 bits per heavy atom. The Hall–Kier alpha value is -1.24. The largest absolute Gasteiger partial charge is 0.464 e. The van der Waals surface area contributed by atoms with Gasteiger partial charge in [-0.1, -0.05) is 19.9 Å². The maximum Gasteiger partial charge on any atom is 0.320 e. The lowest BCUT2D eigenvalue weighted by Crippen LogP contribution is -2.67. The van der Waals surface area contributed by atoms with Gasteiger partial charge in [-0.05, 0) is 42.6 Å². The Kier molecular flexibility index (Phi) is 3.58. The fourth-order valence-corrected chi connectivity index (χ4v) is 7.59. The molecule has 0 aromatic rings. The number of esters is 1. The summed E-state index contributed by atoms with van der Waals surface area (Å²) in [6.07, 6.45) is 2.56. The van der Waals surface area contributed by atoms with Crippen molar-refractivity contribution in [2.45, 2.75) is 51.4 Å². The molecule has 4 unspecified atom stereocenters. The zero-order valence-electron chi connectivity index (χ0n) is 16.0. The fraction of sp³-hybridized carbons (Fsp3) is 0.810. The molecule has 0 amide bonds. The molecule has 5 rings (SSSR count). The zero-order chi connectivity index (χ0) is 19.2. The number of carbonyl (C=O) groups excluding carboxylic acids is 2. The number of aliphatic hydroxyl groups is 1. The normalized spacial score (nSPS) is 54.0. The van der Waals surface area contributed by atoms with E-state index < -0.39 is 35.1 Å². The van der Waals surface area contributed by atoms with Crippen molar-refractivity contribution in [3.8, 4) is 0 Å². The van der Waals surface area contributed by atoms with Crippen LogP contribution in [0, 0.1) is 34.0 Å². The molecule has 1 N–H and O–H groups in total. The molecule has 148 valence electrons. The molecular formula is C21H28O6. The topological polar surface area (TPSA) is 82.1 Å². The van der Waals surface area contributed by atoms with Gasteiger partial charge in [-0.3, -0.25) is 9.59 Å².